The maximum absolute atomic E-state index is 12.5. The third kappa shape index (κ3) is 5.71. The average molecular weight is 413 g/mol. The van der Waals surface area contributed by atoms with E-state index in [1.807, 2.05) is 33.8 Å². The van der Waals surface area contributed by atoms with Crippen molar-refractivity contribution >= 4 is 38.9 Å². The summed E-state index contributed by atoms with van der Waals surface area (Å²) in [5, 5.41) is 7.32. The molecule has 2 N–H and O–H groups in total. The van der Waals surface area contributed by atoms with Crippen molar-refractivity contribution in [3.8, 4) is 0 Å². The molecule has 1 unspecified atom stereocenters. The molecule has 0 saturated carbocycles. The third-order valence-corrected chi connectivity index (χ3v) is 5.81. The van der Waals surface area contributed by atoms with Crippen LogP contribution >= 0.6 is 11.6 Å². The lowest BCUT2D eigenvalue weighted by Crippen LogP contribution is -2.25. The Balaban J connectivity index is 2.11. The molecule has 9 heteroatoms. The lowest BCUT2D eigenvalue weighted by molar-refractivity contribution is -0.119. The Morgan fingerprint density at radius 1 is 1.22 bits per heavy atom. The van der Waals surface area contributed by atoms with Gasteiger partial charge in [-0.1, -0.05) is 25.4 Å². The lowest BCUT2D eigenvalue weighted by Gasteiger charge is -2.16. The van der Waals surface area contributed by atoms with Crippen LogP contribution in [0.5, 0.6) is 0 Å². The highest BCUT2D eigenvalue weighted by molar-refractivity contribution is 7.92. The average Bonchev–Trinajstić information content (AvgIpc) is 2.85. The fourth-order valence-electron chi connectivity index (χ4n) is 2.73. The van der Waals surface area contributed by atoms with Crippen LogP contribution in [-0.2, 0) is 14.8 Å². The van der Waals surface area contributed by atoms with Crippen LogP contribution in [0.4, 0.5) is 11.4 Å². The molecule has 1 heterocycles. The number of carbonyl (C=O) groups excluding carboxylic acids is 1. The van der Waals surface area contributed by atoms with Crippen LogP contribution in [0.1, 0.15) is 38.2 Å². The van der Waals surface area contributed by atoms with Crippen molar-refractivity contribution in [1.29, 1.82) is 0 Å². The van der Waals surface area contributed by atoms with Gasteiger partial charge in [0.2, 0.25) is 15.9 Å². The largest absolute Gasteiger partial charge is 0.323 e. The fraction of sp³-hybridized carbons (Fsp3) is 0.444. The van der Waals surface area contributed by atoms with Gasteiger partial charge in [0.05, 0.1) is 27.8 Å². The van der Waals surface area contributed by atoms with Gasteiger partial charge in [-0.15, -0.1) is 0 Å². The number of carbonyl (C=O) groups is 1. The standard InChI is InChI=1S/C18H25ClN4O3S/c1-11(2)10-27(25,26)22-15-6-7-17(16(19)9-15)20-18(24)14(5)23-13(4)8-12(3)21-23/h6-9,11,14,22H,10H2,1-5H3,(H,20,24). The van der Waals surface area contributed by atoms with E-state index in [-0.39, 0.29) is 22.6 Å². The molecule has 148 valence electrons. The predicted octanol–water partition coefficient (Wildman–Crippen LogP) is 3.75. The molecule has 1 atom stereocenters. The first-order chi connectivity index (χ1) is 12.5. The van der Waals surface area contributed by atoms with Crippen LogP contribution in [0, 0.1) is 19.8 Å². The van der Waals surface area contributed by atoms with Crippen molar-refractivity contribution in [3.05, 3.63) is 40.7 Å². The molecule has 0 saturated heterocycles. The zero-order chi connectivity index (χ0) is 20.4. The lowest BCUT2D eigenvalue weighted by atomic mass is 10.2. The molecule has 0 radical (unpaired) electrons. The number of aromatic nitrogens is 2. The number of halogens is 1. The van der Waals surface area contributed by atoms with E-state index in [0.717, 1.165) is 11.4 Å². The van der Waals surface area contributed by atoms with Crippen molar-refractivity contribution in [1.82, 2.24) is 9.78 Å². The number of hydrogen-bond acceptors (Lipinski definition) is 4. The van der Waals surface area contributed by atoms with E-state index in [0.29, 0.717) is 11.4 Å². The minimum Gasteiger partial charge on any atom is -0.323 e. The SMILES string of the molecule is Cc1cc(C)n(C(C)C(=O)Nc2ccc(NS(=O)(=O)CC(C)C)cc2Cl)n1. The molecule has 2 rings (SSSR count). The normalized spacial score (nSPS) is 12.9. The van der Waals surface area contributed by atoms with Gasteiger partial charge in [-0.3, -0.25) is 14.2 Å². The van der Waals surface area contributed by atoms with Gasteiger partial charge in [0.1, 0.15) is 6.04 Å². The predicted molar refractivity (Wildman–Crippen MR) is 109 cm³/mol. The van der Waals surface area contributed by atoms with Gasteiger partial charge in [0.25, 0.3) is 0 Å². The molecule has 0 aliphatic rings. The first kappa shape index (κ1) is 21.2. The number of aryl methyl sites for hydroxylation is 2. The summed E-state index contributed by atoms with van der Waals surface area (Å²) < 4.78 is 28.2. The number of sulfonamides is 1. The van der Waals surface area contributed by atoms with Crippen LogP contribution < -0.4 is 10.0 Å². The molecule has 1 aromatic carbocycles. The van der Waals surface area contributed by atoms with Crippen molar-refractivity contribution in [3.63, 3.8) is 0 Å². The highest BCUT2D eigenvalue weighted by Crippen LogP contribution is 2.27. The molecule has 7 nitrogen and oxygen atoms in total. The van der Waals surface area contributed by atoms with Crippen LogP contribution in [0.15, 0.2) is 24.3 Å². The number of anilines is 2. The number of nitrogens with zero attached hydrogens (tertiary/aromatic N) is 2. The fourth-order valence-corrected chi connectivity index (χ4v) is 4.40. The minimum atomic E-state index is -3.45. The van der Waals surface area contributed by atoms with Crippen molar-refractivity contribution in [2.75, 3.05) is 15.8 Å². The summed E-state index contributed by atoms with van der Waals surface area (Å²) in [7, 11) is -3.45. The van der Waals surface area contributed by atoms with Gasteiger partial charge in [-0.05, 0) is 51.0 Å². The summed E-state index contributed by atoms with van der Waals surface area (Å²) in [5.74, 6) is -0.243. The topological polar surface area (TPSA) is 93.1 Å². The molecular formula is C18H25ClN4O3S. The van der Waals surface area contributed by atoms with Crippen LogP contribution in [0.2, 0.25) is 5.02 Å². The Bertz CT molecular complexity index is 938. The van der Waals surface area contributed by atoms with Crippen molar-refractivity contribution < 1.29 is 13.2 Å². The van der Waals surface area contributed by atoms with E-state index in [9.17, 15) is 13.2 Å². The van der Waals surface area contributed by atoms with E-state index in [2.05, 4.69) is 15.1 Å². The van der Waals surface area contributed by atoms with Crippen LogP contribution in [-0.4, -0.2) is 29.9 Å². The van der Waals surface area contributed by atoms with Gasteiger partial charge >= 0.3 is 0 Å². The second-order valence-electron chi connectivity index (χ2n) is 7.01. The molecule has 0 bridgehead atoms. The van der Waals surface area contributed by atoms with Gasteiger partial charge < -0.3 is 5.32 Å². The highest BCUT2D eigenvalue weighted by atomic mass is 35.5. The molecule has 0 fully saturated rings. The molecule has 1 amide bonds. The Morgan fingerprint density at radius 2 is 1.89 bits per heavy atom. The number of nitrogens with one attached hydrogen (secondary N) is 2. The van der Waals surface area contributed by atoms with Crippen molar-refractivity contribution in [2.24, 2.45) is 5.92 Å². The number of rotatable bonds is 7. The number of hydrogen-bond donors (Lipinski definition) is 2. The first-order valence-corrected chi connectivity index (χ1v) is 10.6. The molecule has 27 heavy (non-hydrogen) atoms. The molecule has 2 aromatic rings. The summed E-state index contributed by atoms with van der Waals surface area (Å²) in [4.78, 5) is 12.5. The Morgan fingerprint density at radius 3 is 2.41 bits per heavy atom. The van der Waals surface area contributed by atoms with E-state index >= 15 is 0 Å². The summed E-state index contributed by atoms with van der Waals surface area (Å²) in [6, 6.07) is 5.99. The summed E-state index contributed by atoms with van der Waals surface area (Å²) in [6.07, 6.45) is 0. The zero-order valence-corrected chi connectivity index (χ0v) is 17.6. The van der Waals surface area contributed by atoms with E-state index in [1.54, 1.807) is 23.7 Å². The van der Waals surface area contributed by atoms with Gasteiger partial charge in [-0.2, -0.15) is 5.10 Å². The molecule has 0 spiro atoms. The quantitative estimate of drug-likeness (QED) is 0.724. The maximum Gasteiger partial charge on any atom is 0.248 e. The smallest absolute Gasteiger partial charge is 0.248 e. The van der Waals surface area contributed by atoms with Crippen molar-refractivity contribution in [2.45, 2.75) is 40.7 Å². The molecule has 0 aliphatic heterocycles. The van der Waals surface area contributed by atoms with Gasteiger partial charge in [0, 0.05) is 5.69 Å². The maximum atomic E-state index is 12.5. The van der Waals surface area contributed by atoms with Gasteiger partial charge in [0.15, 0.2) is 0 Å². The Labute approximate surface area is 165 Å². The number of benzene rings is 1. The summed E-state index contributed by atoms with van der Waals surface area (Å²) >= 11 is 6.22. The second-order valence-corrected chi connectivity index (χ2v) is 9.18. The van der Waals surface area contributed by atoms with Crippen LogP contribution in [0.25, 0.3) is 0 Å². The zero-order valence-electron chi connectivity index (χ0n) is 16.1. The third-order valence-electron chi connectivity index (χ3n) is 3.84. The first-order valence-electron chi connectivity index (χ1n) is 8.62. The monoisotopic (exact) mass is 412 g/mol. The summed E-state index contributed by atoms with van der Waals surface area (Å²) in [6.45, 7) is 9.15. The molecule has 0 aliphatic carbocycles. The molecular weight excluding hydrogens is 388 g/mol. The minimum absolute atomic E-state index is 0.00686. The Hall–Kier alpha value is -2.06. The second kappa shape index (κ2) is 8.31. The highest BCUT2D eigenvalue weighted by Gasteiger charge is 2.19. The number of amides is 1. The van der Waals surface area contributed by atoms with E-state index in [1.165, 1.54) is 6.07 Å². The summed E-state index contributed by atoms with van der Waals surface area (Å²) in [5.41, 5.74) is 2.48. The molecule has 1 aromatic heterocycles. The Kier molecular flexibility index (Phi) is 6.54. The van der Waals surface area contributed by atoms with Gasteiger partial charge in [-0.25, -0.2) is 8.42 Å². The van der Waals surface area contributed by atoms with Crippen LogP contribution in [0.3, 0.4) is 0 Å². The van der Waals surface area contributed by atoms with E-state index in [4.69, 9.17) is 11.6 Å². The van der Waals surface area contributed by atoms with E-state index < -0.39 is 16.1 Å².